The van der Waals surface area contributed by atoms with Crippen LogP contribution >= 0.6 is 0 Å². The van der Waals surface area contributed by atoms with Crippen LogP contribution in [-0.4, -0.2) is 13.0 Å². The van der Waals surface area contributed by atoms with Gasteiger partial charge in [0, 0.05) is 13.0 Å². The summed E-state index contributed by atoms with van der Waals surface area (Å²) in [5, 5.41) is 2.75. The van der Waals surface area contributed by atoms with Gasteiger partial charge in [0.15, 0.2) is 11.6 Å². The topological polar surface area (TPSA) is 38.3 Å². The smallest absolute Gasteiger partial charge is 0.220 e. The summed E-state index contributed by atoms with van der Waals surface area (Å²) in [6.07, 6.45) is 2.39. The van der Waals surface area contributed by atoms with Crippen LogP contribution in [0.25, 0.3) is 0 Å². The Hall–Kier alpha value is -1.58. The lowest BCUT2D eigenvalue weighted by Gasteiger charge is -2.07. The van der Waals surface area contributed by atoms with Gasteiger partial charge in [-0.1, -0.05) is 19.4 Å². The van der Waals surface area contributed by atoms with E-state index in [2.05, 4.69) is 5.32 Å². The first-order valence-electron chi connectivity index (χ1n) is 5.76. The summed E-state index contributed by atoms with van der Waals surface area (Å²) < 4.78 is 18.2. The van der Waals surface area contributed by atoms with Gasteiger partial charge in [-0.15, -0.1) is 0 Å². The minimum atomic E-state index is -0.409. The quantitative estimate of drug-likeness (QED) is 0.828. The average Bonchev–Trinajstić information content (AvgIpc) is 2.34. The maximum absolute atomic E-state index is 13.3. The Bertz CT molecular complexity index is 380. The fourth-order valence-electron chi connectivity index (χ4n) is 1.45. The molecule has 0 aliphatic carbocycles. The van der Waals surface area contributed by atoms with E-state index in [0.29, 0.717) is 13.0 Å². The van der Waals surface area contributed by atoms with Gasteiger partial charge in [0.1, 0.15) is 0 Å². The molecule has 0 aromatic heterocycles. The Balaban J connectivity index is 2.47. The van der Waals surface area contributed by atoms with E-state index < -0.39 is 5.82 Å². The number of amides is 1. The van der Waals surface area contributed by atoms with Crippen molar-refractivity contribution in [3.05, 3.63) is 29.6 Å². The molecule has 0 spiro atoms. The van der Waals surface area contributed by atoms with Crippen LogP contribution in [0.5, 0.6) is 5.75 Å². The van der Waals surface area contributed by atoms with Gasteiger partial charge in [-0.25, -0.2) is 4.39 Å². The van der Waals surface area contributed by atoms with Crippen LogP contribution in [0.1, 0.15) is 31.7 Å². The number of hydrogen-bond acceptors (Lipinski definition) is 2. The molecule has 0 atom stereocenters. The standard InChI is InChI=1S/C13H18FNO2/c1-3-4-5-13(16)15-9-10-6-7-12(17-2)11(14)8-10/h6-8H,3-5,9H2,1-2H3,(H,15,16). The summed E-state index contributed by atoms with van der Waals surface area (Å²) in [5.74, 6) is -0.193. The molecule has 1 rings (SSSR count). The highest BCUT2D eigenvalue weighted by molar-refractivity contribution is 5.75. The highest BCUT2D eigenvalue weighted by Gasteiger charge is 2.04. The molecular weight excluding hydrogens is 221 g/mol. The van der Waals surface area contributed by atoms with E-state index in [-0.39, 0.29) is 11.7 Å². The van der Waals surface area contributed by atoms with Crippen LogP contribution in [0.4, 0.5) is 4.39 Å². The van der Waals surface area contributed by atoms with Crippen molar-refractivity contribution in [1.82, 2.24) is 5.32 Å². The van der Waals surface area contributed by atoms with Crippen molar-refractivity contribution in [2.24, 2.45) is 0 Å². The molecule has 1 aromatic carbocycles. The summed E-state index contributed by atoms with van der Waals surface area (Å²) in [5.41, 5.74) is 0.730. The molecule has 0 radical (unpaired) electrons. The summed E-state index contributed by atoms with van der Waals surface area (Å²) in [6, 6.07) is 4.67. The van der Waals surface area contributed by atoms with E-state index >= 15 is 0 Å². The molecule has 0 bridgehead atoms. The van der Waals surface area contributed by atoms with Crippen molar-refractivity contribution >= 4 is 5.91 Å². The van der Waals surface area contributed by atoms with E-state index in [1.54, 1.807) is 12.1 Å². The second kappa shape index (κ2) is 6.89. The molecule has 17 heavy (non-hydrogen) atoms. The van der Waals surface area contributed by atoms with Crippen LogP contribution < -0.4 is 10.1 Å². The number of unbranched alkanes of at least 4 members (excludes halogenated alkanes) is 1. The van der Waals surface area contributed by atoms with E-state index in [1.165, 1.54) is 13.2 Å². The molecule has 0 heterocycles. The molecule has 0 saturated heterocycles. The zero-order valence-electron chi connectivity index (χ0n) is 10.3. The van der Waals surface area contributed by atoms with Gasteiger partial charge in [0.05, 0.1) is 7.11 Å². The predicted molar refractivity (Wildman–Crippen MR) is 64.3 cm³/mol. The van der Waals surface area contributed by atoms with Gasteiger partial charge < -0.3 is 10.1 Å². The number of ether oxygens (including phenoxy) is 1. The highest BCUT2D eigenvalue weighted by Crippen LogP contribution is 2.17. The third-order valence-corrected chi connectivity index (χ3v) is 2.46. The van der Waals surface area contributed by atoms with E-state index in [1.807, 2.05) is 6.92 Å². The predicted octanol–water partition coefficient (Wildman–Crippen LogP) is 2.64. The molecule has 0 saturated carbocycles. The monoisotopic (exact) mass is 239 g/mol. The molecular formula is C13H18FNO2. The van der Waals surface area contributed by atoms with E-state index in [4.69, 9.17) is 4.74 Å². The Morgan fingerprint density at radius 3 is 2.82 bits per heavy atom. The minimum absolute atomic E-state index is 0.00285. The van der Waals surface area contributed by atoms with Gasteiger partial charge in [0.25, 0.3) is 0 Å². The molecule has 1 aromatic rings. The second-order valence-electron chi connectivity index (χ2n) is 3.85. The number of carbonyl (C=O) groups excluding carboxylic acids is 1. The van der Waals surface area contributed by atoms with Gasteiger partial charge in [-0.3, -0.25) is 4.79 Å². The van der Waals surface area contributed by atoms with Gasteiger partial charge >= 0.3 is 0 Å². The number of hydrogen-bond donors (Lipinski definition) is 1. The van der Waals surface area contributed by atoms with Gasteiger partial charge in [-0.2, -0.15) is 0 Å². The first kappa shape index (κ1) is 13.5. The third kappa shape index (κ3) is 4.43. The van der Waals surface area contributed by atoms with E-state index in [9.17, 15) is 9.18 Å². The third-order valence-electron chi connectivity index (χ3n) is 2.46. The number of halogens is 1. The second-order valence-corrected chi connectivity index (χ2v) is 3.85. The molecule has 1 N–H and O–H groups in total. The first-order chi connectivity index (χ1) is 8.17. The van der Waals surface area contributed by atoms with Crippen molar-refractivity contribution < 1.29 is 13.9 Å². The van der Waals surface area contributed by atoms with Crippen molar-refractivity contribution in [1.29, 1.82) is 0 Å². The van der Waals surface area contributed by atoms with Crippen molar-refractivity contribution in [2.45, 2.75) is 32.7 Å². The zero-order valence-corrected chi connectivity index (χ0v) is 10.3. The Morgan fingerprint density at radius 1 is 1.47 bits per heavy atom. The van der Waals surface area contributed by atoms with Gasteiger partial charge in [-0.05, 0) is 24.1 Å². The summed E-state index contributed by atoms with van der Waals surface area (Å²) in [4.78, 5) is 11.4. The average molecular weight is 239 g/mol. The molecule has 1 amide bonds. The lowest BCUT2D eigenvalue weighted by atomic mass is 10.2. The molecule has 3 nitrogen and oxygen atoms in total. The summed E-state index contributed by atoms with van der Waals surface area (Å²) >= 11 is 0. The lowest BCUT2D eigenvalue weighted by Crippen LogP contribution is -2.22. The maximum atomic E-state index is 13.3. The highest BCUT2D eigenvalue weighted by atomic mass is 19.1. The number of carbonyl (C=O) groups is 1. The number of rotatable bonds is 6. The first-order valence-corrected chi connectivity index (χ1v) is 5.76. The molecule has 0 fully saturated rings. The number of methoxy groups -OCH3 is 1. The van der Waals surface area contributed by atoms with Crippen molar-refractivity contribution in [2.75, 3.05) is 7.11 Å². The molecule has 0 aliphatic heterocycles. The normalized spacial score (nSPS) is 10.1. The fraction of sp³-hybridized carbons (Fsp3) is 0.462. The Labute approximate surface area is 101 Å². The minimum Gasteiger partial charge on any atom is -0.494 e. The van der Waals surface area contributed by atoms with E-state index in [0.717, 1.165) is 18.4 Å². The van der Waals surface area contributed by atoms with Crippen LogP contribution in [0.2, 0.25) is 0 Å². The molecule has 0 aliphatic rings. The molecule has 94 valence electrons. The van der Waals surface area contributed by atoms with Crippen LogP contribution in [0, 0.1) is 5.82 Å². The fourth-order valence-corrected chi connectivity index (χ4v) is 1.45. The van der Waals surface area contributed by atoms with Crippen LogP contribution in [0.3, 0.4) is 0 Å². The van der Waals surface area contributed by atoms with Crippen LogP contribution in [0.15, 0.2) is 18.2 Å². The van der Waals surface area contributed by atoms with Crippen molar-refractivity contribution in [3.8, 4) is 5.75 Å². The Kier molecular flexibility index (Phi) is 5.46. The van der Waals surface area contributed by atoms with Crippen LogP contribution in [-0.2, 0) is 11.3 Å². The summed E-state index contributed by atoms with van der Waals surface area (Å²) in [7, 11) is 1.42. The number of benzene rings is 1. The zero-order chi connectivity index (χ0) is 12.7. The Morgan fingerprint density at radius 2 is 2.24 bits per heavy atom. The number of nitrogens with one attached hydrogen (secondary N) is 1. The maximum Gasteiger partial charge on any atom is 0.220 e. The SMILES string of the molecule is CCCCC(=O)NCc1ccc(OC)c(F)c1. The van der Waals surface area contributed by atoms with Crippen molar-refractivity contribution in [3.63, 3.8) is 0 Å². The summed E-state index contributed by atoms with van der Waals surface area (Å²) in [6.45, 7) is 2.38. The van der Waals surface area contributed by atoms with Gasteiger partial charge in [0.2, 0.25) is 5.91 Å². The largest absolute Gasteiger partial charge is 0.494 e. The molecule has 4 heteroatoms. The molecule has 0 unspecified atom stereocenters. The lowest BCUT2D eigenvalue weighted by molar-refractivity contribution is -0.121.